The number of benzene rings is 2. The first-order chi connectivity index (χ1) is 41.7. The van der Waals surface area contributed by atoms with E-state index < -0.39 is 150 Å². The molecule has 0 spiro atoms. The fourth-order valence-corrected chi connectivity index (χ4v) is 10.2. The number of carboxylic acid groups (broad SMARTS) is 1. The summed E-state index contributed by atoms with van der Waals surface area (Å²) >= 11 is 1.45. The lowest BCUT2D eigenvalue weighted by Crippen LogP contribution is -2.62. The van der Waals surface area contributed by atoms with Crippen LogP contribution in [0.2, 0.25) is 0 Å². The van der Waals surface area contributed by atoms with Gasteiger partial charge in [-0.25, -0.2) is 0 Å². The average molecular weight is 1250 g/mol. The highest BCUT2D eigenvalue weighted by molar-refractivity contribution is 7.98. The molecular weight excluding hydrogens is 1170 g/mol. The molecule has 17 N–H and O–H groups in total. The van der Waals surface area contributed by atoms with Crippen LogP contribution in [0, 0.1) is 5.92 Å². The Morgan fingerprint density at radius 2 is 1.27 bits per heavy atom. The molecule has 0 aliphatic carbocycles. The standard InChI is InChI=1S/C58H85N13O16S/c1-31(2)26-40(54(83)65-37(49(60)78)22-25-88-5)64-46(75)30-61-51(80)41(28-35-16-18-36(73)19-17-35)67-55(84)42(27-34-12-7-6-8-13-34)68-57(86)48(33(4)72)70-53(82)38(14-9-10-23-59)66-56(85)44-15-11-24-71(44)58(87)43(29-47(76)77)69-50(79)32(3)62-52(81)39-20-21-45(74)63-39/h6-8,12-13,16-19,31-33,37-44,48,72-73H,9-11,14-15,20-30,59H2,1-5H3,(H2,60,78)(H,61,80)(H,62,81)(H,63,74)(H,64,75)(H,65,83)(H,66,85)(H,67,84)(H,68,86)(H,69,79)(H,70,82)(H,76,77)/t32-,33+,37-,38-,39-,40-,41-,42-,43-,44+,48-/m0/s1. The topological polar surface area (TPSA) is 458 Å². The zero-order chi connectivity index (χ0) is 65.2. The number of carbonyl (C=O) groups excluding carboxylic acids is 12. The molecule has 4 rings (SSSR count). The first-order valence-electron chi connectivity index (χ1n) is 29.2. The number of nitrogens with zero attached hydrogens (tertiary/aromatic N) is 1. The number of aliphatic hydroxyl groups excluding tert-OH is 1. The van der Waals surface area contributed by atoms with Gasteiger partial charge in [0.2, 0.25) is 70.9 Å². The third kappa shape index (κ3) is 23.7. The van der Waals surface area contributed by atoms with Crippen LogP contribution in [-0.2, 0) is 75.2 Å². The van der Waals surface area contributed by atoms with Gasteiger partial charge in [0.1, 0.15) is 66.2 Å². The lowest BCUT2D eigenvalue weighted by Gasteiger charge is -2.30. The molecule has 88 heavy (non-hydrogen) atoms. The van der Waals surface area contributed by atoms with E-state index in [0.717, 1.165) is 4.90 Å². The maximum Gasteiger partial charge on any atom is 0.305 e. The molecule has 11 atom stereocenters. The number of aliphatic carboxylic acids is 1. The number of carbonyl (C=O) groups is 13. The van der Waals surface area contributed by atoms with E-state index in [1.165, 1.54) is 49.9 Å². The largest absolute Gasteiger partial charge is 0.508 e. The monoisotopic (exact) mass is 1250 g/mol. The van der Waals surface area contributed by atoms with Gasteiger partial charge in [-0.2, -0.15) is 11.8 Å². The number of likely N-dealkylation sites (tertiary alicyclic amines) is 1. The number of primary amides is 1. The van der Waals surface area contributed by atoms with Crippen molar-refractivity contribution in [2.45, 2.75) is 171 Å². The molecule has 30 heteroatoms. The van der Waals surface area contributed by atoms with E-state index in [1.54, 1.807) is 30.3 Å². The maximum absolute atomic E-state index is 14.6. The molecule has 0 bridgehead atoms. The van der Waals surface area contributed by atoms with Crippen LogP contribution in [0.3, 0.4) is 0 Å². The highest BCUT2D eigenvalue weighted by Gasteiger charge is 2.41. The summed E-state index contributed by atoms with van der Waals surface area (Å²) in [5, 5.41) is 56.1. The van der Waals surface area contributed by atoms with Crippen molar-refractivity contribution in [1.29, 1.82) is 0 Å². The van der Waals surface area contributed by atoms with E-state index in [-0.39, 0.29) is 94.9 Å². The number of hydrogen-bond acceptors (Lipinski definition) is 17. The number of unbranched alkanes of at least 4 members (excludes halogenated alkanes) is 1. The summed E-state index contributed by atoms with van der Waals surface area (Å²) in [5.74, 6) is -11.0. The van der Waals surface area contributed by atoms with Crippen molar-refractivity contribution >= 4 is 88.6 Å². The molecule has 0 aromatic heterocycles. The molecule has 2 heterocycles. The Bertz CT molecular complexity index is 2780. The van der Waals surface area contributed by atoms with Crippen LogP contribution in [0.5, 0.6) is 5.75 Å². The molecule has 2 aliphatic heterocycles. The fourth-order valence-electron chi connectivity index (χ4n) is 9.76. The Labute approximate surface area is 514 Å². The van der Waals surface area contributed by atoms with Crippen LogP contribution in [0.25, 0.3) is 0 Å². The third-order valence-electron chi connectivity index (χ3n) is 14.5. The Balaban J connectivity index is 1.53. The van der Waals surface area contributed by atoms with Gasteiger partial charge >= 0.3 is 5.97 Å². The SMILES string of the molecule is CSCC[C@H](NC(=O)[C@H](CC(C)C)NC(=O)CNC(=O)[C@H](Cc1ccc(O)cc1)NC(=O)[C@H](Cc1ccccc1)NC(=O)[C@@H](NC(=O)[C@H](CCCCN)NC(=O)[C@H]1CCCN1C(=O)[C@H](CC(=O)O)NC(=O)[C@H](C)NC(=O)[C@@H]1CCC(=O)N1)[C@@H](C)O)C(N)=O. The molecule has 12 amide bonds. The minimum Gasteiger partial charge on any atom is -0.508 e. The fraction of sp³-hybridized carbons (Fsp3) is 0.569. The molecule has 2 aromatic rings. The first kappa shape index (κ1) is 72.1. The van der Waals surface area contributed by atoms with Gasteiger partial charge in [0.15, 0.2) is 0 Å². The lowest BCUT2D eigenvalue weighted by molar-refractivity contribution is -0.146. The van der Waals surface area contributed by atoms with Gasteiger partial charge in [-0.05, 0) is 113 Å². The van der Waals surface area contributed by atoms with Crippen molar-refractivity contribution in [3.63, 3.8) is 0 Å². The second-order valence-electron chi connectivity index (χ2n) is 22.2. The van der Waals surface area contributed by atoms with Crippen molar-refractivity contribution in [1.82, 2.24) is 58.1 Å². The molecule has 0 unspecified atom stereocenters. The van der Waals surface area contributed by atoms with E-state index >= 15 is 0 Å². The number of rotatable bonds is 36. The minimum atomic E-state index is -1.80. The molecule has 0 radical (unpaired) electrons. The number of phenolic OH excluding ortho intramolecular Hbond substituents is 1. The molecule has 29 nitrogen and oxygen atoms in total. The highest BCUT2D eigenvalue weighted by Crippen LogP contribution is 2.21. The smallest absolute Gasteiger partial charge is 0.305 e. The van der Waals surface area contributed by atoms with Crippen LogP contribution in [0.4, 0.5) is 0 Å². The second kappa shape index (κ2) is 36.1. The van der Waals surface area contributed by atoms with Gasteiger partial charge in [0, 0.05) is 25.8 Å². The number of aliphatic hydroxyl groups is 1. The maximum atomic E-state index is 14.6. The molecule has 0 saturated carbocycles. The highest BCUT2D eigenvalue weighted by atomic mass is 32.2. The van der Waals surface area contributed by atoms with Crippen molar-refractivity contribution in [2.75, 3.05) is 31.6 Å². The number of carboxylic acids is 1. The van der Waals surface area contributed by atoms with Gasteiger partial charge in [-0.1, -0.05) is 56.3 Å². The van der Waals surface area contributed by atoms with Gasteiger partial charge in [-0.3, -0.25) is 62.3 Å². The first-order valence-corrected chi connectivity index (χ1v) is 30.6. The van der Waals surface area contributed by atoms with Gasteiger partial charge in [-0.15, -0.1) is 0 Å². The van der Waals surface area contributed by atoms with Crippen molar-refractivity contribution in [2.24, 2.45) is 17.4 Å². The number of aromatic hydroxyl groups is 1. The van der Waals surface area contributed by atoms with Crippen molar-refractivity contribution in [3.05, 3.63) is 65.7 Å². The lowest BCUT2D eigenvalue weighted by atomic mass is 10.0. The summed E-state index contributed by atoms with van der Waals surface area (Å²) in [7, 11) is 0. The van der Waals surface area contributed by atoms with E-state index in [1.807, 2.05) is 20.1 Å². The van der Waals surface area contributed by atoms with Gasteiger partial charge < -0.3 is 84.9 Å². The Kier molecular flexibility index (Phi) is 29.5. The number of amides is 12. The van der Waals surface area contributed by atoms with Crippen LogP contribution in [0.15, 0.2) is 54.6 Å². The summed E-state index contributed by atoms with van der Waals surface area (Å²) in [4.78, 5) is 175. The Morgan fingerprint density at radius 3 is 1.86 bits per heavy atom. The van der Waals surface area contributed by atoms with Gasteiger partial charge in [0.05, 0.1) is 19.1 Å². The summed E-state index contributed by atoms with van der Waals surface area (Å²) in [6.07, 6.45) is 0.438. The van der Waals surface area contributed by atoms with E-state index in [4.69, 9.17) is 11.5 Å². The number of hydrogen-bond donors (Lipinski definition) is 15. The van der Waals surface area contributed by atoms with Crippen LogP contribution < -0.4 is 64.6 Å². The molecule has 2 aliphatic rings. The van der Waals surface area contributed by atoms with Crippen LogP contribution in [0.1, 0.15) is 103 Å². The number of nitrogens with two attached hydrogens (primary N) is 2. The molecule has 2 fully saturated rings. The van der Waals surface area contributed by atoms with E-state index in [9.17, 15) is 77.6 Å². The molecular formula is C58H85N13O16S. The van der Waals surface area contributed by atoms with Crippen molar-refractivity contribution < 1.29 is 77.6 Å². The molecule has 2 saturated heterocycles. The third-order valence-corrected chi connectivity index (χ3v) is 15.2. The predicted molar refractivity (Wildman–Crippen MR) is 320 cm³/mol. The normalized spacial score (nSPS) is 17.6. The Morgan fingerprint density at radius 1 is 0.670 bits per heavy atom. The molecule has 484 valence electrons. The van der Waals surface area contributed by atoms with Gasteiger partial charge in [0.25, 0.3) is 0 Å². The van der Waals surface area contributed by atoms with E-state index in [0.29, 0.717) is 23.3 Å². The van der Waals surface area contributed by atoms with Crippen LogP contribution >= 0.6 is 11.8 Å². The number of nitrogens with one attached hydrogen (secondary N) is 10. The van der Waals surface area contributed by atoms with E-state index in [2.05, 4.69) is 53.2 Å². The molecule has 2 aromatic carbocycles. The summed E-state index contributed by atoms with van der Waals surface area (Å²) in [5.41, 5.74) is 12.3. The van der Waals surface area contributed by atoms with Crippen molar-refractivity contribution in [3.8, 4) is 5.75 Å². The number of phenols is 1. The minimum absolute atomic E-state index is 0.0524. The van der Waals surface area contributed by atoms with Crippen LogP contribution in [-0.4, -0.2) is 195 Å². The number of thioether (sulfide) groups is 1. The Hall–Kier alpha value is -8.38. The zero-order valence-corrected chi connectivity index (χ0v) is 50.9. The average Bonchev–Trinajstić information content (AvgIpc) is 2.15. The zero-order valence-electron chi connectivity index (χ0n) is 50.1. The summed E-state index contributed by atoms with van der Waals surface area (Å²) in [6.45, 7) is 5.57. The summed E-state index contributed by atoms with van der Waals surface area (Å²) in [6, 6.07) is 0.564. The second-order valence-corrected chi connectivity index (χ2v) is 23.2. The predicted octanol–water partition coefficient (Wildman–Crippen LogP) is -3.27. The summed E-state index contributed by atoms with van der Waals surface area (Å²) < 4.78 is 0. The quantitative estimate of drug-likeness (QED) is 0.0298.